The van der Waals surface area contributed by atoms with Crippen molar-refractivity contribution in [1.29, 1.82) is 0 Å². The summed E-state index contributed by atoms with van der Waals surface area (Å²) >= 11 is 0. The molecule has 0 aromatic heterocycles. The van der Waals surface area contributed by atoms with Crippen molar-refractivity contribution in [2.45, 2.75) is 39.5 Å². The fourth-order valence-electron chi connectivity index (χ4n) is 3.59. The Morgan fingerprint density at radius 3 is 2.32 bits per heavy atom. The Morgan fingerprint density at radius 2 is 1.64 bits per heavy atom. The second-order valence-electron chi connectivity index (χ2n) is 7.56. The number of benzene rings is 3. The largest absolute Gasteiger partial charge is 0.508 e. The average molecular weight is 374 g/mol. The van der Waals surface area contributed by atoms with Gasteiger partial charge < -0.3 is 10.2 Å². The topological polar surface area (TPSA) is 57.5 Å². The lowest BCUT2D eigenvalue weighted by molar-refractivity contribution is -0.136. The van der Waals surface area contributed by atoms with E-state index in [0.29, 0.717) is 12.3 Å². The maximum Gasteiger partial charge on any atom is 0.303 e. The number of aromatic hydroxyl groups is 1. The van der Waals surface area contributed by atoms with Crippen LogP contribution >= 0.6 is 0 Å². The van der Waals surface area contributed by atoms with Crippen LogP contribution in [0.2, 0.25) is 0 Å². The van der Waals surface area contributed by atoms with Gasteiger partial charge in [-0.25, -0.2) is 0 Å². The fourth-order valence-corrected chi connectivity index (χ4v) is 3.59. The summed E-state index contributed by atoms with van der Waals surface area (Å²) in [6.45, 7) is 6.46. The van der Waals surface area contributed by atoms with Crippen molar-refractivity contribution in [3.8, 4) is 28.0 Å². The molecule has 0 atom stereocenters. The van der Waals surface area contributed by atoms with Crippen LogP contribution in [0, 0.1) is 6.92 Å². The number of hydrogen-bond acceptors (Lipinski definition) is 2. The highest BCUT2D eigenvalue weighted by Gasteiger charge is 2.14. The minimum atomic E-state index is -0.841. The minimum absolute atomic E-state index is 0.0366. The molecular weight excluding hydrogens is 348 g/mol. The molecule has 144 valence electrons. The van der Waals surface area contributed by atoms with Crippen LogP contribution in [0.25, 0.3) is 22.3 Å². The normalized spacial score (nSPS) is 11.0. The van der Waals surface area contributed by atoms with Gasteiger partial charge in [0.25, 0.3) is 0 Å². The summed E-state index contributed by atoms with van der Waals surface area (Å²) in [5, 5.41) is 18.9. The molecule has 0 aliphatic heterocycles. The predicted octanol–water partition coefficient (Wildman–Crippen LogP) is 6.18. The number of carbonyl (C=O) groups is 1. The van der Waals surface area contributed by atoms with Crippen LogP contribution in [-0.4, -0.2) is 16.2 Å². The molecule has 3 aromatic rings. The van der Waals surface area contributed by atoms with E-state index in [0.717, 1.165) is 16.7 Å². The van der Waals surface area contributed by atoms with E-state index in [9.17, 15) is 9.90 Å². The molecule has 0 radical (unpaired) electrons. The van der Waals surface area contributed by atoms with E-state index < -0.39 is 5.97 Å². The number of phenols is 1. The summed E-state index contributed by atoms with van der Waals surface area (Å²) in [7, 11) is 0. The van der Waals surface area contributed by atoms with E-state index in [1.165, 1.54) is 22.3 Å². The van der Waals surface area contributed by atoms with Crippen molar-refractivity contribution in [1.82, 2.24) is 0 Å². The summed E-state index contributed by atoms with van der Waals surface area (Å²) < 4.78 is 0. The molecule has 0 spiro atoms. The van der Waals surface area contributed by atoms with Gasteiger partial charge in [0, 0.05) is 6.42 Å². The maximum atomic E-state index is 11.0. The minimum Gasteiger partial charge on any atom is -0.508 e. The number of aryl methyl sites for hydroxylation is 2. The summed E-state index contributed by atoms with van der Waals surface area (Å²) in [6, 6.07) is 20.1. The van der Waals surface area contributed by atoms with Gasteiger partial charge in [-0.1, -0.05) is 67.9 Å². The Morgan fingerprint density at radius 1 is 0.929 bits per heavy atom. The molecule has 0 saturated heterocycles. The van der Waals surface area contributed by atoms with Gasteiger partial charge in [-0.3, -0.25) is 4.79 Å². The Labute approximate surface area is 166 Å². The van der Waals surface area contributed by atoms with E-state index in [2.05, 4.69) is 63.2 Å². The molecule has 0 amide bonds. The van der Waals surface area contributed by atoms with Crippen molar-refractivity contribution in [2.24, 2.45) is 0 Å². The zero-order chi connectivity index (χ0) is 20.3. The van der Waals surface area contributed by atoms with Gasteiger partial charge >= 0.3 is 5.97 Å². The monoisotopic (exact) mass is 374 g/mol. The fraction of sp³-hybridized carbons (Fsp3) is 0.240. The highest BCUT2D eigenvalue weighted by molar-refractivity contribution is 5.77. The maximum absolute atomic E-state index is 11.0. The number of hydrogen-bond donors (Lipinski definition) is 2. The van der Waals surface area contributed by atoms with Gasteiger partial charge in [0.05, 0.1) is 0 Å². The lowest BCUT2D eigenvalue weighted by Crippen LogP contribution is -2.00. The smallest absolute Gasteiger partial charge is 0.303 e. The second kappa shape index (κ2) is 8.30. The van der Waals surface area contributed by atoms with E-state index in [1.54, 1.807) is 12.1 Å². The van der Waals surface area contributed by atoms with E-state index in [-0.39, 0.29) is 12.2 Å². The Balaban J connectivity index is 2.09. The standard InChI is InChI=1S/C25H26O3/c1-16(2)24-15-20(7-10-23(24)18-6-4-5-17(3)13-18)22-11-9-21(26)14-19(22)8-12-25(27)28/h4-7,9-11,13-16,26H,8,12H2,1-3H3,(H,27,28). The molecular formula is C25H26O3. The molecule has 0 aliphatic carbocycles. The third-order valence-corrected chi connectivity index (χ3v) is 5.01. The molecule has 0 heterocycles. The van der Waals surface area contributed by atoms with Crippen LogP contribution in [-0.2, 0) is 11.2 Å². The number of rotatable bonds is 6. The molecule has 3 aromatic carbocycles. The summed E-state index contributed by atoms with van der Waals surface area (Å²) in [5.41, 5.74) is 7.75. The molecule has 2 N–H and O–H groups in total. The molecule has 3 heteroatoms. The van der Waals surface area contributed by atoms with Crippen LogP contribution in [0.4, 0.5) is 0 Å². The molecule has 0 aliphatic rings. The zero-order valence-corrected chi connectivity index (χ0v) is 16.6. The molecule has 28 heavy (non-hydrogen) atoms. The molecule has 3 nitrogen and oxygen atoms in total. The van der Waals surface area contributed by atoms with Gasteiger partial charge in [0.15, 0.2) is 0 Å². The quantitative estimate of drug-likeness (QED) is 0.542. The SMILES string of the molecule is Cc1cccc(-c2ccc(-c3ccc(O)cc3CCC(=O)O)cc2C(C)C)c1. The first-order chi connectivity index (χ1) is 13.3. The lowest BCUT2D eigenvalue weighted by atomic mass is 9.87. The first kappa shape index (κ1) is 19.7. The first-order valence-electron chi connectivity index (χ1n) is 9.60. The van der Waals surface area contributed by atoms with Crippen LogP contribution in [0.3, 0.4) is 0 Å². The predicted molar refractivity (Wildman–Crippen MR) is 114 cm³/mol. The highest BCUT2D eigenvalue weighted by atomic mass is 16.4. The number of carboxylic acids is 1. The van der Waals surface area contributed by atoms with Crippen LogP contribution in [0.5, 0.6) is 5.75 Å². The Bertz CT molecular complexity index is 1000. The van der Waals surface area contributed by atoms with Gasteiger partial charge in [-0.05, 0) is 64.8 Å². The van der Waals surface area contributed by atoms with Crippen LogP contribution < -0.4 is 0 Å². The van der Waals surface area contributed by atoms with Crippen LogP contribution in [0.15, 0.2) is 60.7 Å². The molecule has 0 saturated carbocycles. The summed E-state index contributed by atoms with van der Waals surface area (Å²) in [6.07, 6.45) is 0.421. The first-order valence-corrected chi connectivity index (χ1v) is 9.60. The van der Waals surface area contributed by atoms with E-state index in [1.807, 2.05) is 6.07 Å². The molecule has 0 bridgehead atoms. The molecule has 0 unspecified atom stereocenters. The van der Waals surface area contributed by atoms with Crippen molar-refractivity contribution in [3.63, 3.8) is 0 Å². The van der Waals surface area contributed by atoms with E-state index >= 15 is 0 Å². The van der Waals surface area contributed by atoms with Crippen molar-refractivity contribution in [3.05, 3.63) is 77.4 Å². The number of phenolic OH excluding ortho intramolecular Hbond substituents is 1. The van der Waals surface area contributed by atoms with Gasteiger partial charge in [-0.15, -0.1) is 0 Å². The number of carboxylic acid groups (broad SMARTS) is 1. The lowest BCUT2D eigenvalue weighted by Gasteiger charge is -2.17. The van der Waals surface area contributed by atoms with Crippen molar-refractivity contribution in [2.75, 3.05) is 0 Å². The molecule has 3 rings (SSSR count). The average Bonchev–Trinajstić information content (AvgIpc) is 2.66. The molecule has 0 fully saturated rings. The highest BCUT2D eigenvalue weighted by Crippen LogP contribution is 2.35. The van der Waals surface area contributed by atoms with Crippen molar-refractivity contribution < 1.29 is 15.0 Å². The van der Waals surface area contributed by atoms with E-state index in [4.69, 9.17) is 5.11 Å². The van der Waals surface area contributed by atoms with Crippen LogP contribution in [0.1, 0.15) is 42.9 Å². The zero-order valence-electron chi connectivity index (χ0n) is 16.6. The third kappa shape index (κ3) is 4.42. The van der Waals surface area contributed by atoms with Crippen molar-refractivity contribution >= 4 is 5.97 Å². The summed E-state index contributed by atoms with van der Waals surface area (Å²) in [4.78, 5) is 11.0. The van der Waals surface area contributed by atoms with Gasteiger partial charge in [0.1, 0.15) is 5.75 Å². The summed E-state index contributed by atoms with van der Waals surface area (Å²) in [5.74, 6) is -0.341. The van der Waals surface area contributed by atoms with Gasteiger partial charge in [0.2, 0.25) is 0 Å². The second-order valence-corrected chi connectivity index (χ2v) is 7.56. The Kier molecular flexibility index (Phi) is 5.84. The van der Waals surface area contributed by atoms with Gasteiger partial charge in [-0.2, -0.15) is 0 Å². The third-order valence-electron chi connectivity index (χ3n) is 5.01. The Hall–Kier alpha value is -3.07. The number of aliphatic carboxylic acids is 1.